The molecule has 1 aliphatic rings. The largest absolute Gasteiger partial charge is 0.366 e. The van der Waals surface area contributed by atoms with Gasteiger partial charge in [0.25, 0.3) is 0 Å². The predicted octanol–water partition coefficient (Wildman–Crippen LogP) is 8.02. The number of anilines is 2. The first-order valence-electron chi connectivity index (χ1n) is 13.6. The van der Waals surface area contributed by atoms with E-state index in [4.69, 9.17) is 0 Å². The van der Waals surface area contributed by atoms with E-state index in [9.17, 15) is 0 Å². The number of hydrogen-bond acceptors (Lipinski definition) is 2. The van der Waals surface area contributed by atoms with Crippen molar-refractivity contribution >= 4 is 77.1 Å². The summed E-state index contributed by atoms with van der Waals surface area (Å²) in [5, 5.41) is 15.4. The Balaban J connectivity index is 1.65. The Morgan fingerprint density at radius 3 is 1.46 bits per heavy atom. The fourth-order valence-corrected chi connectivity index (χ4v) is 7.31. The highest BCUT2D eigenvalue weighted by Gasteiger charge is 2.27. The van der Waals surface area contributed by atoms with Crippen molar-refractivity contribution in [1.29, 1.82) is 0 Å². The standard InChI is InChI=1S/C34H23N5/c1-2-8-20(9-3-1)37-27-16-14-23-21-10-4-6-12-25(21)38-31(23)29(27)30-28(37)17-15-24-22-11-5-7-13-26(22)39(32(24)30)34-33(38)35-18-19-36-34/h1-17,35-36H,18-19H2. The van der Waals surface area contributed by atoms with Crippen LogP contribution >= 0.6 is 0 Å². The van der Waals surface area contributed by atoms with Gasteiger partial charge in [0.1, 0.15) is 0 Å². The Bertz CT molecular complexity index is 2290. The summed E-state index contributed by atoms with van der Waals surface area (Å²) in [6.45, 7) is 1.74. The molecule has 10 rings (SSSR count). The van der Waals surface area contributed by atoms with E-state index in [1.165, 1.54) is 71.1 Å². The van der Waals surface area contributed by atoms with Crippen molar-refractivity contribution in [2.45, 2.75) is 0 Å². The quantitative estimate of drug-likeness (QED) is 0.239. The van der Waals surface area contributed by atoms with Gasteiger partial charge in [0.15, 0.2) is 11.6 Å². The second-order valence-electron chi connectivity index (χ2n) is 10.6. The van der Waals surface area contributed by atoms with E-state index in [1.807, 2.05) is 0 Å². The lowest BCUT2D eigenvalue weighted by Gasteiger charge is -2.23. The van der Waals surface area contributed by atoms with E-state index in [1.54, 1.807) is 0 Å². The number of hydrogen-bond donors (Lipinski definition) is 2. The van der Waals surface area contributed by atoms with Gasteiger partial charge in [-0.25, -0.2) is 0 Å². The molecule has 39 heavy (non-hydrogen) atoms. The van der Waals surface area contributed by atoms with Crippen LogP contribution in [0.15, 0.2) is 103 Å². The average molecular weight is 502 g/mol. The van der Waals surface area contributed by atoms with E-state index in [2.05, 4.69) is 127 Å². The summed E-state index contributed by atoms with van der Waals surface area (Å²) >= 11 is 0. The number of benzene rings is 5. The van der Waals surface area contributed by atoms with Crippen LogP contribution in [0.4, 0.5) is 11.6 Å². The molecule has 0 spiro atoms. The summed E-state index contributed by atoms with van der Waals surface area (Å²) < 4.78 is 7.39. The van der Waals surface area contributed by atoms with Crippen molar-refractivity contribution in [3.8, 4) is 5.69 Å². The third-order valence-electron chi connectivity index (χ3n) is 8.76. The molecule has 5 heterocycles. The van der Waals surface area contributed by atoms with Crippen molar-refractivity contribution in [1.82, 2.24) is 13.4 Å². The van der Waals surface area contributed by atoms with Crippen LogP contribution in [-0.4, -0.2) is 26.5 Å². The second-order valence-corrected chi connectivity index (χ2v) is 10.6. The lowest BCUT2D eigenvalue weighted by Crippen LogP contribution is -2.24. The number of nitrogens with one attached hydrogen (secondary N) is 2. The maximum atomic E-state index is 3.82. The van der Waals surface area contributed by atoms with Gasteiger partial charge in [0.2, 0.25) is 0 Å². The highest BCUT2D eigenvalue weighted by Crippen LogP contribution is 2.47. The van der Waals surface area contributed by atoms with Crippen LogP contribution in [0.5, 0.6) is 0 Å². The summed E-state index contributed by atoms with van der Waals surface area (Å²) in [5.41, 5.74) is 8.60. The first-order valence-corrected chi connectivity index (χ1v) is 13.6. The fourth-order valence-electron chi connectivity index (χ4n) is 7.31. The SMILES string of the molecule is c1ccc(-n2c3ccc4c5ccccc5n5c6c(n7c8ccccc8c8ccc2c(c3c45)c87)NCCN6)cc1. The van der Waals surface area contributed by atoms with E-state index < -0.39 is 0 Å². The molecule has 0 saturated carbocycles. The third kappa shape index (κ3) is 2.25. The molecule has 9 aromatic rings. The summed E-state index contributed by atoms with van der Waals surface area (Å²) in [5.74, 6) is 2.22. The minimum absolute atomic E-state index is 0.868. The summed E-state index contributed by atoms with van der Waals surface area (Å²) in [7, 11) is 0. The Labute approximate surface area is 222 Å². The summed E-state index contributed by atoms with van der Waals surface area (Å²) in [6.07, 6.45) is 0. The second kappa shape index (κ2) is 6.83. The van der Waals surface area contributed by atoms with Crippen LogP contribution in [0.25, 0.3) is 71.1 Å². The molecule has 4 aromatic heterocycles. The third-order valence-corrected chi connectivity index (χ3v) is 8.76. The molecule has 0 aliphatic carbocycles. The highest BCUT2D eigenvalue weighted by atomic mass is 15.2. The van der Waals surface area contributed by atoms with Crippen LogP contribution in [0.3, 0.4) is 0 Å². The van der Waals surface area contributed by atoms with Crippen LogP contribution in [-0.2, 0) is 0 Å². The first kappa shape index (κ1) is 19.9. The summed E-state index contributed by atoms with van der Waals surface area (Å²) in [4.78, 5) is 0. The Morgan fingerprint density at radius 2 is 0.923 bits per heavy atom. The van der Waals surface area contributed by atoms with Gasteiger partial charge in [0, 0.05) is 51.1 Å². The molecular formula is C34H23N5. The molecule has 2 N–H and O–H groups in total. The Morgan fingerprint density at radius 1 is 0.436 bits per heavy atom. The zero-order valence-electron chi connectivity index (χ0n) is 21.1. The first-order chi connectivity index (χ1) is 19.4. The maximum absolute atomic E-state index is 3.82. The van der Waals surface area contributed by atoms with Gasteiger partial charge in [0.05, 0.1) is 33.1 Å². The van der Waals surface area contributed by atoms with Gasteiger partial charge in [-0.1, -0.05) is 66.7 Å². The van der Waals surface area contributed by atoms with Crippen molar-refractivity contribution in [3.63, 3.8) is 0 Å². The molecule has 0 bridgehead atoms. The van der Waals surface area contributed by atoms with Crippen molar-refractivity contribution in [2.24, 2.45) is 0 Å². The smallest absolute Gasteiger partial charge is 0.153 e. The molecule has 0 unspecified atom stereocenters. The Hall–Kier alpha value is -5.16. The highest BCUT2D eigenvalue weighted by molar-refractivity contribution is 6.33. The minimum atomic E-state index is 0.868. The molecule has 0 amide bonds. The van der Waals surface area contributed by atoms with E-state index in [0.29, 0.717) is 0 Å². The summed E-state index contributed by atoms with van der Waals surface area (Å²) in [6, 6.07) is 37.7. The fraction of sp³-hybridized carbons (Fsp3) is 0.0588. The average Bonchev–Trinajstić information content (AvgIpc) is 3.62. The predicted molar refractivity (Wildman–Crippen MR) is 163 cm³/mol. The lowest BCUT2D eigenvalue weighted by molar-refractivity contribution is 0.983. The lowest BCUT2D eigenvalue weighted by atomic mass is 10.0. The van der Waals surface area contributed by atoms with Gasteiger partial charge in [-0.2, -0.15) is 0 Å². The van der Waals surface area contributed by atoms with Crippen LogP contribution < -0.4 is 10.6 Å². The molecule has 184 valence electrons. The van der Waals surface area contributed by atoms with E-state index in [0.717, 1.165) is 24.7 Å². The number of nitrogens with zero attached hydrogens (tertiary/aromatic N) is 3. The molecule has 0 atom stereocenters. The molecular weight excluding hydrogens is 478 g/mol. The monoisotopic (exact) mass is 501 g/mol. The van der Waals surface area contributed by atoms with Gasteiger partial charge in [-0.05, 0) is 36.4 Å². The van der Waals surface area contributed by atoms with Gasteiger partial charge < -0.3 is 15.2 Å². The molecule has 0 radical (unpaired) electrons. The van der Waals surface area contributed by atoms with Crippen molar-refractivity contribution < 1.29 is 0 Å². The van der Waals surface area contributed by atoms with Crippen LogP contribution in [0.1, 0.15) is 0 Å². The normalized spacial score (nSPS) is 13.8. The van der Waals surface area contributed by atoms with Crippen molar-refractivity contribution in [3.05, 3.63) is 103 Å². The van der Waals surface area contributed by atoms with Crippen LogP contribution in [0, 0.1) is 0 Å². The number of fused-ring (bicyclic) bond motifs is 9. The maximum Gasteiger partial charge on any atom is 0.153 e. The zero-order chi connectivity index (χ0) is 25.2. The van der Waals surface area contributed by atoms with Gasteiger partial charge in [-0.3, -0.25) is 8.80 Å². The molecule has 0 saturated heterocycles. The topological polar surface area (TPSA) is 37.8 Å². The zero-order valence-corrected chi connectivity index (χ0v) is 21.1. The molecule has 5 heteroatoms. The molecule has 5 nitrogen and oxygen atoms in total. The molecule has 1 aliphatic heterocycles. The van der Waals surface area contributed by atoms with Crippen LogP contribution in [0.2, 0.25) is 0 Å². The number of rotatable bonds is 1. The molecule has 5 aromatic carbocycles. The minimum Gasteiger partial charge on any atom is -0.366 e. The van der Waals surface area contributed by atoms with Gasteiger partial charge in [-0.15, -0.1) is 0 Å². The van der Waals surface area contributed by atoms with E-state index >= 15 is 0 Å². The van der Waals surface area contributed by atoms with Crippen molar-refractivity contribution in [2.75, 3.05) is 23.7 Å². The van der Waals surface area contributed by atoms with E-state index in [-0.39, 0.29) is 0 Å². The number of aromatic nitrogens is 3. The number of para-hydroxylation sites is 3. The van der Waals surface area contributed by atoms with Gasteiger partial charge >= 0.3 is 0 Å². The molecule has 0 fully saturated rings. The Kier molecular flexibility index (Phi) is 3.48.